The largest absolute Gasteiger partial charge is 0.383 e. The van der Waals surface area contributed by atoms with E-state index in [1.807, 2.05) is 11.8 Å². The van der Waals surface area contributed by atoms with E-state index in [1.54, 1.807) is 18.4 Å². The van der Waals surface area contributed by atoms with E-state index in [1.165, 1.54) is 0 Å². The minimum absolute atomic E-state index is 0.0176. The van der Waals surface area contributed by atoms with Crippen LogP contribution in [0.3, 0.4) is 0 Å². The molecule has 1 unspecified atom stereocenters. The molecule has 0 saturated carbocycles. The van der Waals surface area contributed by atoms with Gasteiger partial charge in [0.15, 0.2) is 0 Å². The van der Waals surface area contributed by atoms with E-state index in [0.717, 1.165) is 43.4 Å². The maximum atomic E-state index is 12.0. The number of aryl methyl sites for hydroxylation is 1. The molecular weight excluding hydrogens is 276 g/mol. The molecule has 1 saturated heterocycles. The van der Waals surface area contributed by atoms with Gasteiger partial charge in [-0.2, -0.15) is 0 Å². The van der Waals surface area contributed by atoms with Crippen LogP contribution in [0.2, 0.25) is 0 Å². The van der Waals surface area contributed by atoms with Gasteiger partial charge < -0.3 is 15.4 Å². The summed E-state index contributed by atoms with van der Waals surface area (Å²) in [5.41, 5.74) is 6.90. The summed E-state index contributed by atoms with van der Waals surface area (Å²) in [5.74, 6) is -0.0176. The lowest BCUT2D eigenvalue weighted by Gasteiger charge is -2.35. The van der Waals surface area contributed by atoms with Crippen LogP contribution in [-0.4, -0.2) is 66.6 Å². The Bertz CT molecular complexity index is 443. The van der Waals surface area contributed by atoms with Gasteiger partial charge in [-0.1, -0.05) is 0 Å². The molecule has 1 atom stereocenters. The Morgan fingerprint density at radius 3 is 2.75 bits per heavy atom. The lowest BCUT2D eigenvalue weighted by molar-refractivity contribution is -0.135. The van der Waals surface area contributed by atoms with Crippen LogP contribution in [-0.2, 0) is 16.1 Å². The number of methoxy groups -OCH3 is 1. The monoisotopic (exact) mass is 298 g/mol. The van der Waals surface area contributed by atoms with Gasteiger partial charge in [-0.3, -0.25) is 9.69 Å². The van der Waals surface area contributed by atoms with E-state index in [9.17, 15) is 4.79 Å². The minimum atomic E-state index is -0.548. The summed E-state index contributed by atoms with van der Waals surface area (Å²) in [6, 6.07) is -0.548. The van der Waals surface area contributed by atoms with E-state index >= 15 is 0 Å². The molecule has 0 aliphatic carbocycles. The van der Waals surface area contributed by atoms with Gasteiger partial charge in [-0.25, -0.2) is 4.98 Å². The number of hydrogen-bond acceptors (Lipinski definition) is 6. The lowest BCUT2D eigenvalue weighted by atomic mass is 10.2. The number of carbonyl (C=O) groups excluding carboxylic acids is 1. The van der Waals surface area contributed by atoms with E-state index in [2.05, 4.69) is 15.3 Å². The van der Waals surface area contributed by atoms with Crippen molar-refractivity contribution in [1.29, 1.82) is 0 Å². The Labute approximate surface area is 123 Å². The third-order valence-corrected chi connectivity index (χ3v) is 4.22. The van der Waals surface area contributed by atoms with Crippen LogP contribution in [0.5, 0.6) is 0 Å². The fourth-order valence-corrected chi connectivity index (χ4v) is 2.93. The Balaban J connectivity index is 1.78. The molecular formula is C13H22N4O2S. The number of ether oxygens (including phenoxy) is 1. The number of carbonyl (C=O) groups is 1. The number of nitrogens with two attached hydrogens (primary N) is 1. The predicted molar refractivity (Wildman–Crippen MR) is 78.6 cm³/mol. The van der Waals surface area contributed by atoms with Crippen molar-refractivity contribution in [2.75, 3.05) is 39.9 Å². The molecule has 0 radical (unpaired) electrons. The van der Waals surface area contributed by atoms with Crippen LogP contribution in [0.1, 0.15) is 10.7 Å². The number of nitrogens with zero attached hydrogens (tertiary/aromatic N) is 3. The van der Waals surface area contributed by atoms with Gasteiger partial charge in [-0.15, -0.1) is 11.3 Å². The van der Waals surface area contributed by atoms with Crippen LogP contribution in [0.25, 0.3) is 0 Å². The molecule has 1 amide bonds. The fraction of sp³-hybridized carbons (Fsp3) is 0.692. The summed E-state index contributed by atoms with van der Waals surface area (Å²) in [5, 5.41) is 3.20. The highest BCUT2D eigenvalue weighted by molar-refractivity contribution is 7.09. The molecule has 1 aromatic rings. The minimum Gasteiger partial charge on any atom is -0.383 e. The number of aromatic nitrogens is 1. The van der Waals surface area contributed by atoms with Gasteiger partial charge in [0.05, 0.1) is 17.3 Å². The summed E-state index contributed by atoms with van der Waals surface area (Å²) in [7, 11) is 1.56. The lowest BCUT2D eigenvalue weighted by Crippen LogP contribution is -2.53. The van der Waals surface area contributed by atoms with E-state index in [0.29, 0.717) is 0 Å². The molecule has 1 aromatic heterocycles. The first-order chi connectivity index (χ1) is 9.60. The van der Waals surface area contributed by atoms with Crippen molar-refractivity contribution < 1.29 is 9.53 Å². The molecule has 0 aromatic carbocycles. The molecule has 0 spiro atoms. The summed E-state index contributed by atoms with van der Waals surface area (Å²) < 4.78 is 4.93. The number of amides is 1. The Morgan fingerprint density at radius 1 is 1.50 bits per heavy atom. The molecule has 0 bridgehead atoms. The van der Waals surface area contributed by atoms with Gasteiger partial charge in [0, 0.05) is 45.2 Å². The van der Waals surface area contributed by atoms with Crippen LogP contribution in [0, 0.1) is 6.92 Å². The molecule has 6 nitrogen and oxygen atoms in total. The van der Waals surface area contributed by atoms with Crippen LogP contribution < -0.4 is 5.73 Å². The second-order valence-electron chi connectivity index (χ2n) is 5.02. The summed E-state index contributed by atoms with van der Waals surface area (Å²) in [6.07, 6.45) is 0. The highest BCUT2D eigenvalue weighted by Gasteiger charge is 2.25. The third-order valence-electron chi connectivity index (χ3n) is 3.40. The van der Waals surface area contributed by atoms with E-state index in [-0.39, 0.29) is 12.5 Å². The average Bonchev–Trinajstić information content (AvgIpc) is 2.84. The summed E-state index contributed by atoms with van der Waals surface area (Å²) in [4.78, 5) is 20.7. The van der Waals surface area contributed by atoms with Gasteiger partial charge in [0.1, 0.15) is 6.04 Å². The van der Waals surface area contributed by atoms with Crippen molar-refractivity contribution in [1.82, 2.24) is 14.8 Å². The second-order valence-corrected chi connectivity index (χ2v) is 6.08. The first-order valence-electron chi connectivity index (χ1n) is 6.77. The normalized spacial score (nSPS) is 18.2. The number of thiazole rings is 1. The molecule has 1 fully saturated rings. The van der Waals surface area contributed by atoms with Crippen molar-refractivity contribution in [2.24, 2.45) is 5.73 Å². The zero-order valence-electron chi connectivity index (χ0n) is 12.0. The van der Waals surface area contributed by atoms with Crippen molar-refractivity contribution in [3.8, 4) is 0 Å². The Hall–Kier alpha value is -1.02. The highest BCUT2D eigenvalue weighted by Crippen LogP contribution is 2.12. The summed E-state index contributed by atoms with van der Waals surface area (Å²) in [6.45, 7) is 6.32. The molecule has 112 valence electrons. The van der Waals surface area contributed by atoms with Crippen molar-refractivity contribution in [3.63, 3.8) is 0 Å². The van der Waals surface area contributed by atoms with E-state index in [4.69, 9.17) is 10.5 Å². The van der Waals surface area contributed by atoms with Crippen LogP contribution >= 0.6 is 11.3 Å². The SMILES string of the molecule is COCC(N)C(=O)N1CCN(Cc2csc(C)n2)CC1. The molecule has 20 heavy (non-hydrogen) atoms. The molecule has 2 N–H and O–H groups in total. The van der Waals surface area contributed by atoms with Gasteiger partial charge in [-0.05, 0) is 6.92 Å². The smallest absolute Gasteiger partial charge is 0.241 e. The van der Waals surface area contributed by atoms with Gasteiger partial charge in [0.25, 0.3) is 0 Å². The first kappa shape index (κ1) is 15.4. The average molecular weight is 298 g/mol. The molecule has 2 rings (SSSR count). The Morgan fingerprint density at radius 2 is 2.20 bits per heavy atom. The zero-order chi connectivity index (χ0) is 14.5. The number of hydrogen-bond donors (Lipinski definition) is 1. The molecule has 1 aliphatic rings. The topological polar surface area (TPSA) is 71.7 Å². The van der Waals surface area contributed by atoms with E-state index < -0.39 is 6.04 Å². The first-order valence-corrected chi connectivity index (χ1v) is 7.64. The van der Waals surface area contributed by atoms with Crippen LogP contribution in [0.4, 0.5) is 0 Å². The maximum Gasteiger partial charge on any atom is 0.241 e. The molecule has 2 heterocycles. The Kier molecular flexibility index (Phi) is 5.47. The zero-order valence-corrected chi connectivity index (χ0v) is 12.9. The van der Waals surface area contributed by atoms with Crippen molar-refractivity contribution in [2.45, 2.75) is 19.5 Å². The summed E-state index contributed by atoms with van der Waals surface area (Å²) >= 11 is 1.68. The maximum absolute atomic E-state index is 12.0. The fourth-order valence-electron chi connectivity index (χ4n) is 2.32. The van der Waals surface area contributed by atoms with Crippen molar-refractivity contribution in [3.05, 3.63) is 16.1 Å². The van der Waals surface area contributed by atoms with Gasteiger partial charge >= 0.3 is 0 Å². The predicted octanol–water partition coefficient (Wildman–Crippen LogP) is 0.0694. The molecule has 7 heteroatoms. The quantitative estimate of drug-likeness (QED) is 0.833. The van der Waals surface area contributed by atoms with Crippen molar-refractivity contribution >= 4 is 17.2 Å². The third kappa shape index (κ3) is 3.99. The highest BCUT2D eigenvalue weighted by atomic mass is 32.1. The second kappa shape index (κ2) is 7.12. The molecule has 1 aliphatic heterocycles. The van der Waals surface area contributed by atoms with Gasteiger partial charge in [0.2, 0.25) is 5.91 Å². The number of piperazine rings is 1. The van der Waals surface area contributed by atoms with Crippen LogP contribution in [0.15, 0.2) is 5.38 Å². The number of rotatable bonds is 5. The standard InChI is InChI=1S/C13H22N4O2S/c1-10-15-11(9-20-10)7-16-3-5-17(6-4-16)13(18)12(14)8-19-2/h9,12H,3-8,14H2,1-2H3.